The van der Waals surface area contributed by atoms with Gasteiger partial charge in [0.05, 0.1) is 6.54 Å². The van der Waals surface area contributed by atoms with Crippen LogP contribution in [0.1, 0.15) is 26.3 Å². The number of carbonyl (C=O) groups is 1. The van der Waals surface area contributed by atoms with Crippen LogP contribution in [0.4, 0.5) is 4.79 Å². The van der Waals surface area contributed by atoms with Crippen LogP contribution in [0.15, 0.2) is 24.3 Å². The maximum atomic E-state index is 11.7. The van der Waals surface area contributed by atoms with Crippen molar-refractivity contribution in [3.63, 3.8) is 0 Å². The Labute approximate surface area is 89.7 Å². The number of benzene rings is 1. The van der Waals surface area contributed by atoms with E-state index < -0.39 is 0 Å². The highest BCUT2D eigenvalue weighted by atomic mass is 16.6. The van der Waals surface area contributed by atoms with Crippen LogP contribution in [0, 0.1) is 0 Å². The molecule has 0 atom stereocenters. The minimum atomic E-state index is -0.263. The van der Waals surface area contributed by atoms with Crippen molar-refractivity contribution in [1.82, 2.24) is 4.90 Å². The van der Waals surface area contributed by atoms with Gasteiger partial charge in [-0.3, -0.25) is 4.90 Å². The molecule has 0 saturated heterocycles. The van der Waals surface area contributed by atoms with Crippen molar-refractivity contribution in [1.29, 1.82) is 0 Å². The van der Waals surface area contributed by atoms with E-state index in [1.165, 1.54) is 0 Å². The standard InChI is InChI=1S/C12H15NO2/c1-12(2,3)13-8-9-6-4-5-7-10(9)15-11(13)14/h4-7H,8H2,1-3H3. The molecule has 1 aromatic carbocycles. The molecule has 0 aromatic heterocycles. The van der Waals surface area contributed by atoms with Gasteiger partial charge in [-0.2, -0.15) is 0 Å². The van der Waals surface area contributed by atoms with Crippen molar-refractivity contribution in [2.75, 3.05) is 0 Å². The van der Waals surface area contributed by atoms with E-state index in [-0.39, 0.29) is 11.6 Å². The molecule has 1 aliphatic heterocycles. The first-order valence-corrected chi connectivity index (χ1v) is 5.06. The van der Waals surface area contributed by atoms with Gasteiger partial charge in [0.15, 0.2) is 0 Å². The summed E-state index contributed by atoms with van der Waals surface area (Å²) in [6.07, 6.45) is -0.263. The van der Waals surface area contributed by atoms with E-state index in [0.29, 0.717) is 12.3 Å². The van der Waals surface area contributed by atoms with Gasteiger partial charge in [-0.05, 0) is 26.8 Å². The zero-order valence-corrected chi connectivity index (χ0v) is 9.28. The van der Waals surface area contributed by atoms with Crippen LogP contribution in [-0.2, 0) is 6.54 Å². The summed E-state index contributed by atoms with van der Waals surface area (Å²) in [5, 5.41) is 0. The summed E-state index contributed by atoms with van der Waals surface area (Å²) in [6.45, 7) is 6.63. The Bertz CT molecular complexity index is 393. The molecule has 0 fully saturated rings. The van der Waals surface area contributed by atoms with Gasteiger partial charge in [-0.1, -0.05) is 18.2 Å². The molecule has 0 unspecified atom stereocenters. The summed E-state index contributed by atoms with van der Waals surface area (Å²) in [5.41, 5.74) is 0.858. The number of ether oxygens (including phenoxy) is 1. The maximum Gasteiger partial charge on any atom is 0.415 e. The van der Waals surface area contributed by atoms with Gasteiger partial charge in [-0.15, -0.1) is 0 Å². The second kappa shape index (κ2) is 3.26. The molecule has 0 saturated carbocycles. The minimum absolute atomic E-state index is 0.204. The first-order chi connectivity index (χ1) is 6.98. The lowest BCUT2D eigenvalue weighted by atomic mass is 10.0. The Hall–Kier alpha value is -1.51. The number of fused-ring (bicyclic) bond motifs is 1. The van der Waals surface area contributed by atoms with Crippen molar-refractivity contribution in [2.24, 2.45) is 0 Å². The van der Waals surface area contributed by atoms with Gasteiger partial charge in [0.25, 0.3) is 0 Å². The van der Waals surface area contributed by atoms with Gasteiger partial charge in [0, 0.05) is 11.1 Å². The van der Waals surface area contributed by atoms with E-state index in [4.69, 9.17) is 4.74 Å². The van der Waals surface area contributed by atoms with Crippen molar-refractivity contribution in [3.05, 3.63) is 29.8 Å². The molecule has 0 bridgehead atoms. The van der Waals surface area contributed by atoms with Crippen LogP contribution < -0.4 is 4.74 Å². The second-order valence-electron chi connectivity index (χ2n) is 4.73. The molecule has 15 heavy (non-hydrogen) atoms. The van der Waals surface area contributed by atoms with Crippen LogP contribution in [-0.4, -0.2) is 16.5 Å². The molecule has 1 amide bonds. The number of carbonyl (C=O) groups excluding carboxylic acids is 1. The third-order valence-corrected chi connectivity index (χ3v) is 2.53. The number of hydrogen-bond donors (Lipinski definition) is 0. The van der Waals surface area contributed by atoms with Crippen molar-refractivity contribution in [3.8, 4) is 5.75 Å². The van der Waals surface area contributed by atoms with Crippen LogP contribution in [0.5, 0.6) is 5.75 Å². The van der Waals surface area contributed by atoms with E-state index in [1.807, 2.05) is 45.0 Å². The van der Waals surface area contributed by atoms with Crippen LogP contribution in [0.25, 0.3) is 0 Å². The van der Waals surface area contributed by atoms with Crippen molar-refractivity contribution in [2.45, 2.75) is 32.9 Å². The Morgan fingerprint density at radius 2 is 1.93 bits per heavy atom. The van der Waals surface area contributed by atoms with Crippen LogP contribution >= 0.6 is 0 Å². The minimum Gasteiger partial charge on any atom is -0.410 e. The molecule has 1 aliphatic rings. The summed E-state index contributed by atoms with van der Waals surface area (Å²) in [6, 6.07) is 7.64. The lowest BCUT2D eigenvalue weighted by Gasteiger charge is -2.37. The maximum absolute atomic E-state index is 11.7. The van der Waals surface area contributed by atoms with Crippen molar-refractivity contribution < 1.29 is 9.53 Å². The summed E-state index contributed by atoms with van der Waals surface area (Å²) < 4.78 is 5.26. The molecule has 0 N–H and O–H groups in total. The number of rotatable bonds is 0. The molecule has 1 heterocycles. The van der Waals surface area contributed by atoms with Gasteiger partial charge < -0.3 is 4.74 Å². The highest BCUT2D eigenvalue weighted by Gasteiger charge is 2.32. The Kier molecular flexibility index (Phi) is 2.18. The number of amides is 1. The lowest BCUT2D eigenvalue weighted by molar-refractivity contribution is 0.0901. The zero-order chi connectivity index (χ0) is 11.1. The molecular formula is C12H15NO2. The first kappa shape index (κ1) is 10.0. The van der Waals surface area contributed by atoms with E-state index in [1.54, 1.807) is 4.90 Å². The third-order valence-electron chi connectivity index (χ3n) is 2.53. The third kappa shape index (κ3) is 1.82. The topological polar surface area (TPSA) is 29.5 Å². The largest absolute Gasteiger partial charge is 0.415 e. The normalized spacial score (nSPS) is 15.9. The van der Waals surface area contributed by atoms with E-state index in [2.05, 4.69) is 0 Å². The van der Waals surface area contributed by atoms with Crippen molar-refractivity contribution >= 4 is 6.09 Å². The summed E-state index contributed by atoms with van der Waals surface area (Å²) in [5.74, 6) is 0.683. The Morgan fingerprint density at radius 1 is 1.27 bits per heavy atom. The Balaban J connectivity index is 2.34. The average Bonchev–Trinajstić information content (AvgIpc) is 2.15. The molecule has 0 spiro atoms. The van der Waals surface area contributed by atoms with Gasteiger partial charge in [-0.25, -0.2) is 4.79 Å². The van der Waals surface area contributed by atoms with Crippen LogP contribution in [0.3, 0.4) is 0 Å². The average molecular weight is 205 g/mol. The van der Waals surface area contributed by atoms with Gasteiger partial charge in [0.1, 0.15) is 5.75 Å². The number of nitrogens with zero attached hydrogens (tertiary/aromatic N) is 1. The fourth-order valence-corrected chi connectivity index (χ4v) is 1.63. The summed E-state index contributed by atoms with van der Waals surface area (Å²) >= 11 is 0. The van der Waals surface area contributed by atoms with E-state index >= 15 is 0 Å². The molecule has 0 aliphatic carbocycles. The zero-order valence-electron chi connectivity index (χ0n) is 9.28. The highest BCUT2D eigenvalue weighted by molar-refractivity contribution is 5.74. The van der Waals surface area contributed by atoms with E-state index in [9.17, 15) is 4.79 Å². The van der Waals surface area contributed by atoms with Crippen LogP contribution in [0.2, 0.25) is 0 Å². The highest BCUT2D eigenvalue weighted by Crippen LogP contribution is 2.29. The molecular weight excluding hydrogens is 190 g/mol. The molecule has 3 nitrogen and oxygen atoms in total. The summed E-state index contributed by atoms with van der Waals surface area (Å²) in [4.78, 5) is 13.4. The lowest BCUT2D eigenvalue weighted by Crippen LogP contribution is -2.48. The predicted molar refractivity (Wildman–Crippen MR) is 57.8 cm³/mol. The van der Waals surface area contributed by atoms with E-state index in [0.717, 1.165) is 5.56 Å². The second-order valence-corrected chi connectivity index (χ2v) is 4.73. The molecule has 0 radical (unpaired) electrons. The summed E-state index contributed by atoms with van der Waals surface area (Å²) in [7, 11) is 0. The molecule has 3 heteroatoms. The quantitative estimate of drug-likeness (QED) is 0.651. The van der Waals surface area contributed by atoms with Gasteiger partial charge >= 0.3 is 6.09 Å². The first-order valence-electron chi connectivity index (χ1n) is 5.06. The smallest absolute Gasteiger partial charge is 0.410 e. The number of hydrogen-bond acceptors (Lipinski definition) is 2. The molecule has 2 rings (SSSR count). The fraction of sp³-hybridized carbons (Fsp3) is 0.417. The number of para-hydroxylation sites is 1. The molecule has 80 valence electrons. The monoisotopic (exact) mass is 205 g/mol. The van der Waals surface area contributed by atoms with Gasteiger partial charge in [0.2, 0.25) is 0 Å². The SMILES string of the molecule is CC(C)(C)N1Cc2ccccc2OC1=O. The molecule has 1 aromatic rings. The predicted octanol–water partition coefficient (Wildman–Crippen LogP) is 2.80. The Morgan fingerprint density at radius 3 is 2.60 bits per heavy atom. The fourth-order valence-electron chi connectivity index (χ4n) is 1.63.